The Kier molecular flexibility index (Phi) is 3.24. The van der Waals surface area contributed by atoms with Crippen molar-refractivity contribution in [1.29, 1.82) is 0 Å². The van der Waals surface area contributed by atoms with Gasteiger partial charge in [-0.3, -0.25) is 14.2 Å². The predicted molar refractivity (Wildman–Crippen MR) is 81.2 cm³/mol. The maximum atomic E-state index is 12.6. The molecular formula is C16H10BrNO2. The van der Waals surface area contributed by atoms with Crippen molar-refractivity contribution < 1.29 is 9.59 Å². The van der Waals surface area contributed by atoms with E-state index in [1.54, 1.807) is 18.3 Å². The number of nitrogens with zero attached hydrogens (tertiary/aromatic N) is 1. The number of aldehydes is 1. The van der Waals surface area contributed by atoms with Crippen molar-refractivity contribution in [2.75, 3.05) is 0 Å². The van der Waals surface area contributed by atoms with Crippen LogP contribution >= 0.6 is 15.9 Å². The number of carbonyl (C=O) groups excluding carboxylic acids is 2. The second-order valence-electron chi connectivity index (χ2n) is 4.40. The molecule has 0 unspecified atom stereocenters. The first-order chi connectivity index (χ1) is 9.70. The van der Waals surface area contributed by atoms with Gasteiger partial charge < -0.3 is 0 Å². The van der Waals surface area contributed by atoms with Crippen molar-refractivity contribution in [1.82, 2.24) is 4.57 Å². The Morgan fingerprint density at radius 3 is 2.65 bits per heavy atom. The number of halogens is 1. The summed E-state index contributed by atoms with van der Waals surface area (Å²) >= 11 is 3.35. The normalized spacial score (nSPS) is 10.7. The molecule has 3 nitrogen and oxygen atoms in total. The van der Waals surface area contributed by atoms with E-state index in [4.69, 9.17) is 0 Å². The number of rotatable bonds is 2. The topological polar surface area (TPSA) is 39.1 Å². The fourth-order valence-corrected chi connectivity index (χ4v) is 2.63. The van der Waals surface area contributed by atoms with Gasteiger partial charge in [-0.05, 0) is 24.3 Å². The Morgan fingerprint density at radius 2 is 1.90 bits per heavy atom. The van der Waals surface area contributed by atoms with Gasteiger partial charge in [0, 0.05) is 27.2 Å². The van der Waals surface area contributed by atoms with Crippen molar-refractivity contribution >= 4 is 39.0 Å². The van der Waals surface area contributed by atoms with Gasteiger partial charge in [-0.15, -0.1) is 0 Å². The summed E-state index contributed by atoms with van der Waals surface area (Å²) < 4.78 is 2.36. The number of hydrogen-bond acceptors (Lipinski definition) is 2. The molecule has 2 aromatic carbocycles. The zero-order chi connectivity index (χ0) is 14.1. The Labute approximate surface area is 124 Å². The van der Waals surface area contributed by atoms with Crippen molar-refractivity contribution in [3.63, 3.8) is 0 Å². The van der Waals surface area contributed by atoms with Crippen LogP contribution in [0.3, 0.4) is 0 Å². The molecule has 0 aliphatic heterocycles. The second kappa shape index (κ2) is 5.06. The fraction of sp³-hybridized carbons (Fsp3) is 0. The largest absolute Gasteiger partial charge is 0.298 e. The molecule has 1 heterocycles. The molecular weight excluding hydrogens is 318 g/mol. The molecule has 98 valence electrons. The Bertz CT molecular complexity index is 820. The minimum atomic E-state index is -0.157. The van der Waals surface area contributed by atoms with Gasteiger partial charge in [-0.25, -0.2) is 0 Å². The van der Waals surface area contributed by atoms with Crippen LogP contribution in [0.5, 0.6) is 0 Å². The highest BCUT2D eigenvalue weighted by molar-refractivity contribution is 9.10. The molecule has 0 bridgehead atoms. The molecule has 4 heteroatoms. The maximum absolute atomic E-state index is 12.6. The summed E-state index contributed by atoms with van der Waals surface area (Å²) in [5.41, 5.74) is 1.82. The van der Waals surface area contributed by atoms with E-state index in [9.17, 15) is 9.59 Å². The third kappa shape index (κ3) is 2.08. The van der Waals surface area contributed by atoms with Crippen LogP contribution in [-0.2, 0) is 0 Å². The average molecular weight is 328 g/mol. The van der Waals surface area contributed by atoms with E-state index in [0.29, 0.717) is 11.1 Å². The summed E-state index contributed by atoms with van der Waals surface area (Å²) in [5, 5.41) is 0.783. The summed E-state index contributed by atoms with van der Waals surface area (Å²) in [6.45, 7) is 0. The van der Waals surface area contributed by atoms with E-state index in [1.807, 2.05) is 36.4 Å². The van der Waals surface area contributed by atoms with Gasteiger partial charge in [0.25, 0.3) is 5.91 Å². The van der Waals surface area contributed by atoms with E-state index in [2.05, 4.69) is 15.9 Å². The lowest BCUT2D eigenvalue weighted by atomic mass is 10.2. The SMILES string of the molecule is O=Cc1cn(C(=O)c2cccc(Br)c2)c2ccccc12. The zero-order valence-electron chi connectivity index (χ0n) is 10.4. The molecule has 1 aromatic heterocycles. The van der Waals surface area contributed by atoms with Crippen LogP contribution in [0.4, 0.5) is 0 Å². The van der Waals surface area contributed by atoms with Crippen molar-refractivity contribution in [3.8, 4) is 0 Å². The third-order valence-electron chi connectivity index (χ3n) is 3.16. The number of benzene rings is 2. The highest BCUT2D eigenvalue weighted by Gasteiger charge is 2.14. The van der Waals surface area contributed by atoms with Crippen LogP contribution < -0.4 is 0 Å². The molecule has 0 aliphatic rings. The van der Waals surface area contributed by atoms with Gasteiger partial charge in [0.2, 0.25) is 0 Å². The summed E-state index contributed by atoms with van der Waals surface area (Å²) in [5.74, 6) is -0.157. The molecule has 0 spiro atoms. The monoisotopic (exact) mass is 327 g/mol. The quantitative estimate of drug-likeness (QED) is 0.669. The second-order valence-corrected chi connectivity index (χ2v) is 5.32. The van der Waals surface area contributed by atoms with Crippen LogP contribution in [0.15, 0.2) is 59.2 Å². The van der Waals surface area contributed by atoms with Crippen molar-refractivity contribution in [3.05, 3.63) is 70.3 Å². The van der Waals surface area contributed by atoms with Gasteiger partial charge in [0.05, 0.1) is 5.52 Å². The summed E-state index contributed by atoms with van der Waals surface area (Å²) in [6.07, 6.45) is 2.36. The number of hydrogen-bond donors (Lipinski definition) is 0. The molecule has 0 radical (unpaired) electrons. The first kappa shape index (κ1) is 12.8. The molecule has 0 aliphatic carbocycles. The third-order valence-corrected chi connectivity index (χ3v) is 3.65. The molecule has 3 rings (SSSR count). The van der Waals surface area contributed by atoms with Crippen LogP contribution in [-0.4, -0.2) is 16.8 Å². The smallest absolute Gasteiger partial charge is 0.262 e. The lowest BCUT2D eigenvalue weighted by Gasteiger charge is -2.04. The van der Waals surface area contributed by atoms with Gasteiger partial charge in [0.15, 0.2) is 6.29 Å². The number of aromatic nitrogens is 1. The van der Waals surface area contributed by atoms with Crippen molar-refractivity contribution in [2.45, 2.75) is 0 Å². The van der Waals surface area contributed by atoms with Crippen LogP contribution in [0.25, 0.3) is 10.9 Å². The summed E-state index contributed by atoms with van der Waals surface area (Å²) in [7, 11) is 0. The Hall–Kier alpha value is -2.20. The van der Waals surface area contributed by atoms with E-state index < -0.39 is 0 Å². The van der Waals surface area contributed by atoms with Crippen molar-refractivity contribution in [2.24, 2.45) is 0 Å². The van der Waals surface area contributed by atoms with Crippen LogP contribution in [0.2, 0.25) is 0 Å². The van der Waals surface area contributed by atoms with Gasteiger partial charge in [0.1, 0.15) is 0 Å². The Balaban J connectivity index is 2.19. The van der Waals surface area contributed by atoms with Crippen LogP contribution in [0.1, 0.15) is 20.7 Å². The van der Waals surface area contributed by atoms with Gasteiger partial charge in [-0.2, -0.15) is 0 Å². The molecule has 0 saturated heterocycles. The highest BCUT2D eigenvalue weighted by atomic mass is 79.9. The van der Waals surface area contributed by atoms with Gasteiger partial charge >= 0.3 is 0 Å². The minimum Gasteiger partial charge on any atom is -0.298 e. The number of carbonyl (C=O) groups is 2. The van der Waals surface area contributed by atoms with Gasteiger partial charge in [-0.1, -0.05) is 40.2 Å². The number of para-hydroxylation sites is 1. The summed E-state index contributed by atoms with van der Waals surface area (Å²) in [6, 6.07) is 14.6. The predicted octanol–water partition coefficient (Wildman–Crippen LogP) is 3.90. The molecule has 0 N–H and O–H groups in total. The first-order valence-corrected chi connectivity index (χ1v) is 6.85. The summed E-state index contributed by atoms with van der Waals surface area (Å²) in [4.78, 5) is 23.7. The minimum absolute atomic E-state index is 0.157. The molecule has 3 aromatic rings. The van der Waals surface area contributed by atoms with Crippen LogP contribution in [0, 0.1) is 0 Å². The number of fused-ring (bicyclic) bond motifs is 1. The first-order valence-electron chi connectivity index (χ1n) is 6.06. The van der Waals surface area contributed by atoms with E-state index in [0.717, 1.165) is 21.7 Å². The standard InChI is InChI=1S/C16H10BrNO2/c17-13-5-3-4-11(8-13)16(20)18-9-12(10-19)14-6-1-2-7-15(14)18/h1-10H. The molecule has 0 saturated carbocycles. The van der Waals surface area contributed by atoms with E-state index in [-0.39, 0.29) is 5.91 Å². The van der Waals surface area contributed by atoms with E-state index in [1.165, 1.54) is 4.57 Å². The maximum Gasteiger partial charge on any atom is 0.262 e. The highest BCUT2D eigenvalue weighted by Crippen LogP contribution is 2.22. The lowest BCUT2D eigenvalue weighted by molar-refractivity contribution is 0.0965. The average Bonchev–Trinajstić information content (AvgIpc) is 2.85. The molecule has 20 heavy (non-hydrogen) atoms. The molecule has 0 fully saturated rings. The Morgan fingerprint density at radius 1 is 1.10 bits per heavy atom. The lowest BCUT2D eigenvalue weighted by Crippen LogP contribution is -2.10. The van der Waals surface area contributed by atoms with E-state index >= 15 is 0 Å². The zero-order valence-corrected chi connectivity index (χ0v) is 12.0. The fourth-order valence-electron chi connectivity index (χ4n) is 2.23. The molecule has 0 atom stereocenters. The molecule has 0 amide bonds.